The highest BCUT2D eigenvalue weighted by Gasteiger charge is 2.40. The first-order valence-corrected chi connectivity index (χ1v) is 13.6. The highest BCUT2D eigenvalue weighted by atomic mass is 32.2. The molecule has 1 unspecified atom stereocenters. The molecule has 1 aliphatic carbocycles. The summed E-state index contributed by atoms with van der Waals surface area (Å²) in [5, 5.41) is 20.2. The van der Waals surface area contributed by atoms with Crippen LogP contribution in [-0.4, -0.2) is 33.5 Å². The number of carbonyl (C=O) groups is 2. The fraction of sp³-hybridized carbons (Fsp3) is 0.250. The lowest BCUT2D eigenvalue weighted by Gasteiger charge is -2.31. The summed E-state index contributed by atoms with van der Waals surface area (Å²) in [5.41, 5.74) is 1.12. The number of pyridine rings is 1. The average molecular weight is 516 g/mol. The second-order valence-electron chi connectivity index (χ2n) is 9.49. The topological polar surface area (TPSA) is 113 Å². The fourth-order valence-corrected chi connectivity index (χ4v) is 7.16. The van der Waals surface area contributed by atoms with E-state index in [1.807, 2.05) is 54.6 Å². The third kappa shape index (κ3) is 4.52. The van der Waals surface area contributed by atoms with Gasteiger partial charge >= 0.3 is 11.3 Å². The number of nitrogens with zero attached hydrogens (tertiary/aromatic N) is 1. The number of hydrogen-bond acceptors (Lipinski definition) is 5. The van der Waals surface area contributed by atoms with E-state index in [4.69, 9.17) is 4.74 Å². The summed E-state index contributed by atoms with van der Waals surface area (Å²) < 4.78 is 5.94. The number of aliphatic hydroxyl groups is 1. The van der Waals surface area contributed by atoms with Gasteiger partial charge in [-0.05, 0) is 55.3 Å². The molecule has 3 heterocycles. The number of hydrogen-bond donors (Lipinski definition) is 4. The van der Waals surface area contributed by atoms with E-state index < -0.39 is 16.1 Å². The first kappa shape index (κ1) is 23.4. The van der Waals surface area contributed by atoms with E-state index in [1.165, 1.54) is 0 Å². The monoisotopic (exact) mass is 515 g/mol. The van der Waals surface area contributed by atoms with E-state index in [1.54, 1.807) is 12.3 Å². The van der Waals surface area contributed by atoms with Crippen LogP contribution < -0.4 is 20.7 Å². The van der Waals surface area contributed by atoms with Gasteiger partial charge in [0.2, 0.25) is 4.88 Å². The van der Waals surface area contributed by atoms with Crippen molar-refractivity contribution in [3.05, 3.63) is 66.9 Å². The van der Waals surface area contributed by atoms with Crippen LogP contribution in [-0.2, 0) is 0 Å². The summed E-state index contributed by atoms with van der Waals surface area (Å²) in [7, 11) is -1.11. The number of para-hydroxylation sites is 1. The molecule has 4 aromatic rings. The van der Waals surface area contributed by atoms with Gasteiger partial charge in [-0.3, -0.25) is 0 Å². The van der Waals surface area contributed by atoms with Crippen molar-refractivity contribution >= 4 is 43.3 Å². The van der Waals surface area contributed by atoms with Gasteiger partial charge in [0.05, 0.1) is 17.8 Å². The molecule has 1 aliphatic heterocycles. The average Bonchev–Trinajstić information content (AvgIpc) is 3.24. The van der Waals surface area contributed by atoms with Gasteiger partial charge in [-0.15, -0.1) is 0 Å². The number of benzene rings is 2. The van der Waals surface area contributed by atoms with E-state index in [-0.39, 0.29) is 17.8 Å². The molecule has 2 aromatic heterocycles. The molecule has 2 aromatic carbocycles. The van der Waals surface area contributed by atoms with E-state index in [9.17, 15) is 14.7 Å². The van der Waals surface area contributed by atoms with Crippen LogP contribution in [0.25, 0.3) is 20.7 Å². The van der Waals surface area contributed by atoms with E-state index in [0.717, 1.165) is 36.0 Å². The van der Waals surface area contributed by atoms with E-state index in [0.29, 0.717) is 39.7 Å². The lowest BCUT2D eigenvalue weighted by atomic mass is 9.85. The van der Waals surface area contributed by atoms with Crippen LogP contribution in [0.1, 0.15) is 32.1 Å². The largest absolute Gasteiger partial charge is 0.458 e. The molecular weight excluding hydrogens is 488 g/mol. The minimum Gasteiger partial charge on any atom is -0.457 e. The third-order valence-electron chi connectivity index (χ3n) is 6.90. The maximum Gasteiger partial charge on any atom is 0.458 e. The van der Waals surface area contributed by atoms with Crippen molar-refractivity contribution in [2.75, 3.05) is 17.2 Å². The Morgan fingerprint density at radius 3 is 2.49 bits per heavy atom. The van der Waals surface area contributed by atoms with E-state index >= 15 is 0 Å². The normalized spacial score (nSPS) is 16.6. The zero-order valence-corrected chi connectivity index (χ0v) is 20.9. The predicted molar refractivity (Wildman–Crippen MR) is 146 cm³/mol. The highest BCUT2D eigenvalue weighted by Crippen LogP contribution is 2.53. The Hall–Kier alpha value is -3.95. The van der Waals surface area contributed by atoms with Crippen molar-refractivity contribution in [3.8, 4) is 21.9 Å². The summed E-state index contributed by atoms with van der Waals surface area (Å²) >= 11 is 0. The fourth-order valence-electron chi connectivity index (χ4n) is 5.08. The summed E-state index contributed by atoms with van der Waals surface area (Å²) in [5.74, 6) is 1.39. The number of carbonyl (C=O) groups excluding carboxylic acids is 2. The quantitative estimate of drug-likeness (QED) is 0.215. The van der Waals surface area contributed by atoms with Crippen molar-refractivity contribution in [2.24, 2.45) is 0 Å². The number of amides is 3. The van der Waals surface area contributed by atoms with Crippen molar-refractivity contribution < 1.29 is 19.4 Å². The summed E-state index contributed by atoms with van der Waals surface area (Å²) in [6.07, 6.45) is 5.98. The van der Waals surface area contributed by atoms with Gasteiger partial charge in [0.15, 0.2) is 0 Å². The number of aromatic nitrogens is 1. The van der Waals surface area contributed by atoms with Crippen molar-refractivity contribution in [3.63, 3.8) is 0 Å². The number of thiophene rings is 1. The van der Waals surface area contributed by atoms with E-state index in [2.05, 4.69) is 20.9 Å². The Bertz CT molecular complexity index is 1480. The molecule has 1 fully saturated rings. The molecule has 9 heteroatoms. The molecule has 3 amide bonds. The first-order valence-electron chi connectivity index (χ1n) is 12.4. The van der Waals surface area contributed by atoms with Crippen molar-refractivity contribution in [1.82, 2.24) is 10.3 Å². The maximum absolute atomic E-state index is 13.7. The van der Waals surface area contributed by atoms with Crippen LogP contribution in [0.5, 0.6) is 11.5 Å². The van der Waals surface area contributed by atoms with Crippen LogP contribution in [0.2, 0.25) is 0 Å². The molecule has 6 rings (SSSR count). The minimum absolute atomic E-state index is 0.196. The Balaban J connectivity index is 1.40. The molecule has 37 heavy (non-hydrogen) atoms. The second-order valence-corrected chi connectivity index (χ2v) is 11.3. The van der Waals surface area contributed by atoms with Crippen LogP contribution in [0.3, 0.4) is 0 Å². The third-order valence-corrected chi connectivity index (χ3v) is 8.96. The smallest absolute Gasteiger partial charge is 0.457 e. The molecule has 188 valence electrons. The SMILES string of the molecule is O=C1Nc2ccnc3c2c(c(-c2ccc(Oc4ccccc4)cc2)[s+]3C(=O)NCC2(O)CCCCC2)N1. The Kier molecular flexibility index (Phi) is 6.02. The Labute approximate surface area is 216 Å². The predicted octanol–water partition coefficient (Wildman–Crippen LogP) is 6.65. The molecule has 0 radical (unpaired) electrons. The number of rotatable bonds is 6. The molecular formula is C28H27N4O4S+. The molecule has 2 aliphatic rings. The van der Waals surface area contributed by atoms with Crippen LogP contribution in [0, 0.1) is 0 Å². The molecule has 0 saturated heterocycles. The molecule has 0 spiro atoms. The molecule has 8 nitrogen and oxygen atoms in total. The molecule has 4 N–H and O–H groups in total. The highest BCUT2D eigenvalue weighted by molar-refractivity contribution is 7.58. The summed E-state index contributed by atoms with van der Waals surface area (Å²) in [6.45, 7) is 0.196. The zero-order valence-electron chi connectivity index (χ0n) is 20.1. The molecule has 1 atom stereocenters. The van der Waals surface area contributed by atoms with Crippen LogP contribution in [0.15, 0.2) is 66.9 Å². The lowest BCUT2D eigenvalue weighted by Crippen LogP contribution is -2.43. The van der Waals surface area contributed by atoms with Gasteiger partial charge in [0, 0.05) is 11.8 Å². The summed E-state index contributed by atoms with van der Waals surface area (Å²) in [4.78, 5) is 32.1. The number of urea groups is 1. The first-order chi connectivity index (χ1) is 18.0. The Morgan fingerprint density at radius 1 is 1.00 bits per heavy atom. The van der Waals surface area contributed by atoms with Crippen molar-refractivity contribution in [2.45, 2.75) is 37.7 Å². The molecule has 1 saturated carbocycles. The van der Waals surface area contributed by atoms with Gasteiger partial charge in [0.1, 0.15) is 33.0 Å². The number of anilines is 2. The van der Waals surface area contributed by atoms with Gasteiger partial charge in [-0.25, -0.2) is 14.6 Å². The van der Waals surface area contributed by atoms with Crippen molar-refractivity contribution in [1.29, 1.82) is 0 Å². The lowest BCUT2D eigenvalue weighted by molar-refractivity contribution is 0.00785. The van der Waals surface area contributed by atoms with Gasteiger partial charge in [-0.2, -0.15) is 0 Å². The van der Waals surface area contributed by atoms with Crippen LogP contribution in [0.4, 0.5) is 21.0 Å². The maximum atomic E-state index is 13.7. The summed E-state index contributed by atoms with van der Waals surface area (Å²) in [6, 6.07) is 18.4. The number of nitrogens with one attached hydrogen (secondary N) is 3. The minimum atomic E-state index is -1.11. The van der Waals surface area contributed by atoms with Gasteiger partial charge in [0.25, 0.3) is 4.83 Å². The van der Waals surface area contributed by atoms with Crippen LogP contribution >= 0.6 is 10.5 Å². The number of ether oxygens (including phenoxy) is 1. The van der Waals surface area contributed by atoms with Gasteiger partial charge in [-0.1, -0.05) is 37.5 Å². The molecule has 0 bridgehead atoms. The Morgan fingerprint density at radius 2 is 1.73 bits per heavy atom. The zero-order chi connectivity index (χ0) is 25.4. The second kappa shape index (κ2) is 9.49. The standard InChI is InChI=1S/C28H26N4O4S/c33-26-31-21-13-16-29-25-22(21)23(32-26)24(37(25)27(34)30-17-28(35)14-5-2-6-15-28)18-9-11-20(12-10-18)36-19-7-3-1-4-8-19/h1,3-4,7-13,16,35H,2,5-6,14-15,17H2,(H2-,29,30,31,32,33,34)/p+1. The van der Waals surface area contributed by atoms with Gasteiger partial charge < -0.3 is 25.8 Å².